The molecule has 1 N–H and O–H groups in total. The van der Waals surface area contributed by atoms with Crippen LogP contribution in [0.3, 0.4) is 0 Å². The summed E-state index contributed by atoms with van der Waals surface area (Å²) in [6, 6.07) is 5.75. The normalized spacial score (nSPS) is 10.9. The summed E-state index contributed by atoms with van der Waals surface area (Å²) in [4.78, 5) is 11.8. The Labute approximate surface area is 111 Å². The van der Waals surface area contributed by atoms with Crippen molar-refractivity contribution < 1.29 is 13.6 Å². The topological polar surface area (TPSA) is 52.9 Å². The second-order valence-corrected chi connectivity index (χ2v) is 4.34. The Morgan fingerprint density at radius 3 is 2.53 bits per heavy atom. The minimum atomic E-state index is -1.02. The summed E-state index contributed by atoms with van der Waals surface area (Å²) in [5, 5.41) is 11.7. The quantitative estimate of drug-likeness (QED) is 0.890. The summed E-state index contributed by atoms with van der Waals surface area (Å²) < 4.78 is 26.4. The maximum Gasteiger partial charge on any atom is 0.225 e. The van der Waals surface area contributed by atoms with Gasteiger partial charge in [-0.1, -0.05) is 26.0 Å². The van der Waals surface area contributed by atoms with Crippen molar-refractivity contribution in [3.63, 3.8) is 0 Å². The third-order valence-corrected chi connectivity index (χ3v) is 3.18. The number of carbonyl (C=O) groups is 1. The van der Waals surface area contributed by atoms with E-state index in [1.807, 2.05) is 0 Å². The molecular weight excluding hydrogens is 250 g/mol. The number of nitriles is 1. The lowest BCUT2D eigenvalue weighted by Crippen LogP contribution is -2.47. The number of hydrogen-bond donors (Lipinski definition) is 1. The molecule has 1 amide bonds. The molecule has 1 aromatic carbocycles. The molecule has 19 heavy (non-hydrogen) atoms. The van der Waals surface area contributed by atoms with Crippen LogP contribution in [0.15, 0.2) is 18.2 Å². The number of halogens is 2. The first kappa shape index (κ1) is 15.1. The minimum absolute atomic E-state index is 0.0171. The van der Waals surface area contributed by atoms with Crippen molar-refractivity contribution in [2.75, 3.05) is 0 Å². The van der Waals surface area contributed by atoms with Gasteiger partial charge in [0.25, 0.3) is 0 Å². The van der Waals surface area contributed by atoms with Crippen molar-refractivity contribution in [2.24, 2.45) is 0 Å². The van der Waals surface area contributed by atoms with Crippen molar-refractivity contribution in [3.8, 4) is 6.07 Å². The Bertz CT molecular complexity index is 505. The number of hydrogen-bond acceptors (Lipinski definition) is 2. The highest BCUT2D eigenvalue weighted by Crippen LogP contribution is 2.16. The van der Waals surface area contributed by atoms with Gasteiger partial charge in [0, 0.05) is 5.56 Å². The molecule has 0 aliphatic rings. The molecule has 0 spiro atoms. The molecule has 0 fully saturated rings. The lowest BCUT2D eigenvalue weighted by Gasteiger charge is -2.24. The zero-order valence-electron chi connectivity index (χ0n) is 11.0. The Morgan fingerprint density at radius 1 is 1.37 bits per heavy atom. The van der Waals surface area contributed by atoms with E-state index in [1.165, 1.54) is 12.1 Å². The number of amides is 1. The first-order chi connectivity index (χ1) is 8.98. The monoisotopic (exact) mass is 266 g/mol. The van der Waals surface area contributed by atoms with Gasteiger partial charge in [0.15, 0.2) is 11.6 Å². The highest BCUT2D eigenvalue weighted by molar-refractivity contribution is 5.79. The van der Waals surface area contributed by atoms with E-state index in [1.54, 1.807) is 13.8 Å². The van der Waals surface area contributed by atoms with Crippen molar-refractivity contribution >= 4 is 5.91 Å². The average Bonchev–Trinajstić information content (AvgIpc) is 2.41. The summed E-state index contributed by atoms with van der Waals surface area (Å²) in [6.07, 6.45) is 0.627. The summed E-state index contributed by atoms with van der Waals surface area (Å²) in [5.41, 5.74) is -0.961. The maximum atomic E-state index is 13.4. The van der Waals surface area contributed by atoms with Crippen LogP contribution in [0.2, 0.25) is 0 Å². The number of rotatable bonds is 5. The van der Waals surface area contributed by atoms with Gasteiger partial charge in [-0.25, -0.2) is 8.78 Å². The van der Waals surface area contributed by atoms with Crippen LogP contribution in [-0.4, -0.2) is 11.4 Å². The first-order valence-corrected chi connectivity index (χ1v) is 6.13. The molecule has 0 aliphatic heterocycles. The Morgan fingerprint density at radius 2 is 2.00 bits per heavy atom. The second-order valence-electron chi connectivity index (χ2n) is 4.34. The Balaban J connectivity index is 2.81. The van der Waals surface area contributed by atoms with E-state index < -0.39 is 23.1 Å². The largest absolute Gasteiger partial charge is 0.338 e. The molecule has 1 aromatic rings. The average molecular weight is 266 g/mol. The SMILES string of the molecule is CCC(C#N)(CC)NC(=O)Cc1cccc(F)c1F. The molecule has 1 rings (SSSR count). The number of nitrogens with zero attached hydrogens (tertiary/aromatic N) is 1. The Kier molecular flexibility index (Phi) is 4.99. The summed E-state index contributed by atoms with van der Waals surface area (Å²) >= 11 is 0. The number of carbonyl (C=O) groups excluding carboxylic acids is 1. The van der Waals surface area contributed by atoms with Gasteiger partial charge in [-0.15, -0.1) is 0 Å². The fourth-order valence-electron chi connectivity index (χ4n) is 1.78. The predicted molar refractivity (Wildman–Crippen MR) is 67.1 cm³/mol. The molecule has 0 radical (unpaired) electrons. The van der Waals surface area contributed by atoms with Crippen molar-refractivity contribution in [1.82, 2.24) is 5.32 Å². The zero-order valence-corrected chi connectivity index (χ0v) is 11.0. The van der Waals surface area contributed by atoms with Gasteiger partial charge in [-0.05, 0) is 18.9 Å². The first-order valence-electron chi connectivity index (χ1n) is 6.13. The second kappa shape index (κ2) is 6.28. The molecule has 3 nitrogen and oxygen atoms in total. The fourth-order valence-corrected chi connectivity index (χ4v) is 1.78. The molecular formula is C14H16F2N2O. The third-order valence-electron chi connectivity index (χ3n) is 3.18. The molecule has 0 aromatic heterocycles. The molecule has 102 valence electrons. The number of nitrogens with one attached hydrogen (secondary N) is 1. The lowest BCUT2D eigenvalue weighted by atomic mass is 9.94. The van der Waals surface area contributed by atoms with Crippen molar-refractivity contribution in [1.29, 1.82) is 5.26 Å². The smallest absolute Gasteiger partial charge is 0.225 e. The standard InChI is InChI=1S/C14H16F2N2O/c1-3-14(4-2,9-17)18-12(19)8-10-6-5-7-11(15)13(10)16/h5-7H,3-4,8H2,1-2H3,(H,18,19). The molecule has 0 saturated heterocycles. The molecule has 0 aliphatic carbocycles. The van der Waals surface area contributed by atoms with Crippen LogP contribution in [0.1, 0.15) is 32.3 Å². The highest BCUT2D eigenvalue weighted by atomic mass is 19.2. The van der Waals surface area contributed by atoms with Crippen molar-refractivity contribution in [2.45, 2.75) is 38.6 Å². The molecule has 0 bridgehead atoms. The van der Waals surface area contributed by atoms with Gasteiger partial charge in [0.1, 0.15) is 5.54 Å². The fraction of sp³-hybridized carbons (Fsp3) is 0.429. The Hall–Kier alpha value is -1.96. The van der Waals surface area contributed by atoms with E-state index in [9.17, 15) is 13.6 Å². The maximum absolute atomic E-state index is 13.4. The minimum Gasteiger partial charge on any atom is -0.338 e. The molecule has 5 heteroatoms. The van der Waals surface area contributed by atoms with E-state index in [0.717, 1.165) is 6.07 Å². The van der Waals surface area contributed by atoms with Crippen LogP contribution in [-0.2, 0) is 11.2 Å². The third kappa shape index (κ3) is 3.50. The lowest BCUT2D eigenvalue weighted by molar-refractivity contribution is -0.121. The van der Waals surface area contributed by atoms with Crippen LogP contribution >= 0.6 is 0 Å². The van der Waals surface area contributed by atoms with Crippen molar-refractivity contribution in [3.05, 3.63) is 35.4 Å². The molecule has 0 atom stereocenters. The van der Waals surface area contributed by atoms with E-state index in [4.69, 9.17) is 5.26 Å². The van der Waals surface area contributed by atoms with E-state index in [-0.39, 0.29) is 12.0 Å². The van der Waals surface area contributed by atoms with Gasteiger partial charge in [-0.2, -0.15) is 5.26 Å². The summed E-state index contributed by atoms with van der Waals surface area (Å²) in [5.74, 6) is -2.49. The van der Waals surface area contributed by atoms with Crippen LogP contribution in [0.5, 0.6) is 0 Å². The van der Waals surface area contributed by atoms with Gasteiger partial charge in [0.05, 0.1) is 12.5 Å². The zero-order chi connectivity index (χ0) is 14.5. The van der Waals surface area contributed by atoms with Gasteiger partial charge >= 0.3 is 0 Å². The van der Waals surface area contributed by atoms with Gasteiger partial charge in [-0.3, -0.25) is 4.79 Å². The van der Waals surface area contributed by atoms with Gasteiger partial charge < -0.3 is 5.32 Å². The van der Waals surface area contributed by atoms with Crippen LogP contribution in [0, 0.1) is 23.0 Å². The molecule has 0 unspecified atom stereocenters. The predicted octanol–water partition coefficient (Wildman–Crippen LogP) is 2.71. The van der Waals surface area contributed by atoms with Crippen LogP contribution < -0.4 is 5.32 Å². The molecule has 0 saturated carbocycles. The van der Waals surface area contributed by atoms with E-state index in [0.29, 0.717) is 12.8 Å². The van der Waals surface area contributed by atoms with E-state index in [2.05, 4.69) is 11.4 Å². The molecule has 0 heterocycles. The van der Waals surface area contributed by atoms with Crippen LogP contribution in [0.25, 0.3) is 0 Å². The van der Waals surface area contributed by atoms with Crippen LogP contribution in [0.4, 0.5) is 8.78 Å². The number of benzene rings is 1. The summed E-state index contributed by atoms with van der Waals surface area (Å²) in [6.45, 7) is 3.57. The summed E-state index contributed by atoms with van der Waals surface area (Å²) in [7, 11) is 0. The highest BCUT2D eigenvalue weighted by Gasteiger charge is 2.27. The van der Waals surface area contributed by atoms with Gasteiger partial charge in [0.2, 0.25) is 5.91 Å². The van der Waals surface area contributed by atoms with E-state index >= 15 is 0 Å².